The Balaban J connectivity index is 2.04. The zero-order valence-electron chi connectivity index (χ0n) is 11.0. The molecule has 4 nitrogen and oxygen atoms in total. The fourth-order valence-corrected chi connectivity index (χ4v) is 2.60. The van der Waals surface area contributed by atoms with Gasteiger partial charge in [0.2, 0.25) is 0 Å². The summed E-state index contributed by atoms with van der Waals surface area (Å²) in [7, 11) is 1.74. The lowest BCUT2D eigenvalue weighted by atomic mass is 10.0. The van der Waals surface area contributed by atoms with Crippen LogP contribution >= 0.6 is 0 Å². The highest BCUT2D eigenvalue weighted by Gasteiger charge is 2.33. The second-order valence-corrected chi connectivity index (χ2v) is 5.28. The Labute approximate surface area is 108 Å². The molecule has 1 saturated carbocycles. The summed E-state index contributed by atoms with van der Waals surface area (Å²) in [6.07, 6.45) is 5.32. The van der Waals surface area contributed by atoms with E-state index in [9.17, 15) is 9.90 Å². The molecule has 98 valence electrons. The molecule has 1 aliphatic carbocycles. The molecule has 0 atom stereocenters. The highest BCUT2D eigenvalue weighted by molar-refractivity contribution is 5.94. The fraction of sp³-hybridized carbons (Fsp3) is 0.571. The number of rotatable bonds is 3. The van der Waals surface area contributed by atoms with Gasteiger partial charge in [-0.1, -0.05) is 12.8 Å². The van der Waals surface area contributed by atoms with Gasteiger partial charge >= 0.3 is 0 Å². The van der Waals surface area contributed by atoms with Crippen molar-refractivity contribution in [2.24, 2.45) is 0 Å². The van der Waals surface area contributed by atoms with Gasteiger partial charge in [-0.2, -0.15) is 0 Å². The molecule has 1 fully saturated rings. The molecule has 0 aliphatic heterocycles. The molecule has 1 aromatic rings. The predicted octanol–water partition coefficient (Wildman–Crippen LogP) is 1.77. The first-order valence-electron chi connectivity index (χ1n) is 6.41. The van der Waals surface area contributed by atoms with Crippen LogP contribution in [-0.2, 0) is 0 Å². The number of amides is 1. The third-order valence-electron chi connectivity index (χ3n) is 3.56. The lowest BCUT2D eigenvalue weighted by Gasteiger charge is -2.28. The summed E-state index contributed by atoms with van der Waals surface area (Å²) >= 11 is 0. The van der Waals surface area contributed by atoms with Gasteiger partial charge in [0.05, 0.1) is 5.60 Å². The molecule has 2 rings (SSSR count). The summed E-state index contributed by atoms with van der Waals surface area (Å²) in [6, 6.07) is 3.49. The third kappa shape index (κ3) is 2.88. The molecule has 1 N–H and O–H groups in total. The van der Waals surface area contributed by atoms with Crippen LogP contribution in [0.25, 0.3) is 0 Å². The fourth-order valence-electron chi connectivity index (χ4n) is 2.60. The summed E-state index contributed by atoms with van der Waals surface area (Å²) in [5.74, 6) is -0.0548. The Hall–Kier alpha value is -1.42. The molecule has 1 aromatic heterocycles. The van der Waals surface area contributed by atoms with Crippen molar-refractivity contribution < 1.29 is 9.90 Å². The van der Waals surface area contributed by atoms with Crippen molar-refractivity contribution in [1.29, 1.82) is 0 Å². The van der Waals surface area contributed by atoms with E-state index in [1.54, 1.807) is 30.3 Å². The molecule has 18 heavy (non-hydrogen) atoms. The number of aryl methyl sites for hydroxylation is 1. The first-order valence-corrected chi connectivity index (χ1v) is 6.41. The number of aliphatic hydroxyl groups is 1. The van der Waals surface area contributed by atoms with E-state index in [2.05, 4.69) is 4.98 Å². The monoisotopic (exact) mass is 248 g/mol. The van der Waals surface area contributed by atoms with Gasteiger partial charge in [-0.3, -0.25) is 9.78 Å². The second-order valence-electron chi connectivity index (χ2n) is 5.28. The maximum atomic E-state index is 12.2. The van der Waals surface area contributed by atoms with Crippen molar-refractivity contribution in [3.63, 3.8) is 0 Å². The standard InChI is InChI=1S/C14H20N2O2/c1-11-9-12(5-8-15-11)13(17)16(2)10-14(18)6-3-4-7-14/h5,8-9,18H,3-4,6-7,10H2,1-2H3. The first-order chi connectivity index (χ1) is 8.50. The quantitative estimate of drug-likeness (QED) is 0.887. The Morgan fingerprint density at radius 1 is 1.50 bits per heavy atom. The Morgan fingerprint density at radius 3 is 2.78 bits per heavy atom. The van der Waals surface area contributed by atoms with Crippen molar-refractivity contribution in [3.8, 4) is 0 Å². The van der Waals surface area contributed by atoms with E-state index in [0.717, 1.165) is 31.4 Å². The van der Waals surface area contributed by atoms with E-state index >= 15 is 0 Å². The van der Waals surface area contributed by atoms with Crippen LogP contribution in [0, 0.1) is 6.92 Å². The summed E-state index contributed by atoms with van der Waals surface area (Å²) in [4.78, 5) is 17.9. The van der Waals surface area contributed by atoms with E-state index in [1.807, 2.05) is 6.92 Å². The van der Waals surface area contributed by atoms with Crippen molar-refractivity contribution in [3.05, 3.63) is 29.6 Å². The Morgan fingerprint density at radius 2 is 2.17 bits per heavy atom. The SMILES string of the molecule is Cc1cc(C(=O)N(C)CC2(O)CCCC2)ccn1. The van der Waals surface area contributed by atoms with Gasteiger partial charge in [0, 0.05) is 31.0 Å². The molecule has 0 aromatic carbocycles. The number of carbonyl (C=O) groups excluding carboxylic acids is 1. The molecule has 0 unspecified atom stereocenters. The van der Waals surface area contributed by atoms with Gasteiger partial charge in [-0.05, 0) is 31.9 Å². The van der Waals surface area contributed by atoms with E-state index in [1.165, 1.54) is 0 Å². The summed E-state index contributed by atoms with van der Waals surface area (Å²) in [6.45, 7) is 2.27. The summed E-state index contributed by atoms with van der Waals surface area (Å²) in [5, 5.41) is 10.3. The number of hydrogen-bond donors (Lipinski definition) is 1. The van der Waals surface area contributed by atoms with Crippen molar-refractivity contribution >= 4 is 5.91 Å². The van der Waals surface area contributed by atoms with Gasteiger partial charge in [0.25, 0.3) is 5.91 Å². The normalized spacial score (nSPS) is 17.7. The van der Waals surface area contributed by atoms with E-state index in [-0.39, 0.29) is 5.91 Å². The van der Waals surface area contributed by atoms with Crippen molar-refractivity contribution in [1.82, 2.24) is 9.88 Å². The van der Waals surface area contributed by atoms with Gasteiger partial charge in [-0.25, -0.2) is 0 Å². The number of nitrogens with zero attached hydrogens (tertiary/aromatic N) is 2. The highest BCUT2D eigenvalue weighted by Crippen LogP contribution is 2.30. The van der Waals surface area contributed by atoms with Crippen LogP contribution in [0.3, 0.4) is 0 Å². The van der Waals surface area contributed by atoms with Crippen LogP contribution in [-0.4, -0.2) is 40.1 Å². The molecular formula is C14H20N2O2. The molecule has 0 bridgehead atoms. The van der Waals surface area contributed by atoms with Crippen LogP contribution in [0.15, 0.2) is 18.3 Å². The minimum atomic E-state index is -0.688. The van der Waals surface area contributed by atoms with Gasteiger partial charge < -0.3 is 10.0 Å². The Bertz CT molecular complexity index is 439. The molecule has 0 saturated heterocycles. The maximum absolute atomic E-state index is 12.2. The molecule has 0 radical (unpaired) electrons. The molecule has 0 spiro atoms. The first kappa shape index (κ1) is 13.0. The van der Waals surface area contributed by atoms with Crippen LogP contribution in [0.2, 0.25) is 0 Å². The lowest BCUT2D eigenvalue weighted by molar-refractivity contribution is 0.0157. The molecule has 4 heteroatoms. The zero-order valence-corrected chi connectivity index (χ0v) is 11.0. The highest BCUT2D eigenvalue weighted by atomic mass is 16.3. The number of pyridine rings is 1. The number of carbonyl (C=O) groups is 1. The largest absolute Gasteiger partial charge is 0.388 e. The minimum Gasteiger partial charge on any atom is -0.388 e. The number of aromatic nitrogens is 1. The smallest absolute Gasteiger partial charge is 0.253 e. The molecule has 1 aliphatic rings. The number of hydrogen-bond acceptors (Lipinski definition) is 3. The maximum Gasteiger partial charge on any atom is 0.253 e. The third-order valence-corrected chi connectivity index (χ3v) is 3.56. The van der Waals surface area contributed by atoms with Gasteiger partial charge in [0.15, 0.2) is 0 Å². The van der Waals surface area contributed by atoms with E-state index in [0.29, 0.717) is 12.1 Å². The predicted molar refractivity (Wildman–Crippen MR) is 69.4 cm³/mol. The Kier molecular flexibility index (Phi) is 3.66. The lowest BCUT2D eigenvalue weighted by Crippen LogP contribution is -2.42. The molecule has 1 amide bonds. The zero-order chi connectivity index (χ0) is 13.2. The van der Waals surface area contributed by atoms with Crippen molar-refractivity contribution in [2.75, 3.05) is 13.6 Å². The van der Waals surface area contributed by atoms with Gasteiger partial charge in [-0.15, -0.1) is 0 Å². The topological polar surface area (TPSA) is 53.4 Å². The van der Waals surface area contributed by atoms with E-state index < -0.39 is 5.60 Å². The number of likely N-dealkylation sites (N-methyl/N-ethyl adjacent to an activating group) is 1. The van der Waals surface area contributed by atoms with Crippen LogP contribution in [0.5, 0.6) is 0 Å². The molecule has 1 heterocycles. The average molecular weight is 248 g/mol. The van der Waals surface area contributed by atoms with Crippen LogP contribution < -0.4 is 0 Å². The van der Waals surface area contributed by atoms with Crippen LogP contribution in [0.1, 0.15) is 41.7 Å². The summed E-state index contributed by atoms with van der Waals surface area (Å²) in [5.41, 5.74) is 0.771. The second kappa shape index (κ2) is 5.06. The van der Waals surface area contributed by atoms with E-state index in [4.69, 9.17) is 0 Å². The summed E-state index contributed by atoms with van der Waals surface area (Å²) < 4.78 is 0. The average Bonchev–Trinajstić information content (AvgIpc) is 2.74. The minimum absolute atomic E-state index is 0.0548. The van der Waals surface area contributed by atoms with Gasteiger partial charge in [0.1, 0.15) is 0 Å². The molecular weight excluding hydrogens is 228 g/mol. The van der Waals surface area contributed by atoms with Crippen molar-refractivity contribution in [2.45, 2.75) is 38.2 Å². The van der Waals surface area contributed by atoms with Crippen LogP contribution in [0.4, 0.5) is 0 Å².